The van der Waals surface area contributed by atoms with Crippen molar-refractivity contribution in [3.8, 4) is 5.75 Å². The van der Waals surface area contributed by atoms with Crippen molar-refractivity contribution in [1.29, 1.82) is 0 Å². The summed E-state index contributed by atoms with van der Waals surface area (Å²) in [6, 6.07) is 8.94. The Labute approximate surface area is 133 Å². The third kappa shape index (κ3) is 4.82. The van der Waals surface area contributed by atoms with Crippen LogP contribution in [0.4, 0.5) is 0 Å². The molecule has 1 aromatic carbocycles. The number of nitrogens with one attached hydrogen (secondary N) is 1. The van der Waals surface area contributed by atoms with E-state index in [4.69, 9.17) is 14.9 Å². The molecule has 22 heavy (non-hydrogen) atoms. The van der Waals surface area contributed by atoms with Crippen LogP contribution in [0.5, 0.6) is 5.75 Å². The second kappa shape index (κ2) is 7.14. The molecule has 1 fully saturated rings. The van der Waals surface area contributed by atoms with Crippen LogP contribution >= 0.6 is 7.75 Å². The molecule has 5 nitrogen and oxygen atoms in total. The lowest BCUT2D eigenvalue weighted by atomic mass is 9.72. The molecule has 1 unspecified atom stereocenters. The highest BCUT2D eigenvalue weighted by atomic mass is 31.2. The molecular formula is C16H27N2O3P. The molecule has 0 bridgehead atoms. The summed E-state index contributed by atoms with van der Waals surface area (Å²) < 4.78 is 23.8. The zero-order valence-electron chi connectivity index (χ0n) is 13.6. The predicted molar refractivity (Wildman–Crippen MR) is 88.3 cm³/mol. The van der Waals surface area contributed by atoms with Gasteiger partial charge < -0.3 is 4.52 Å². The highest BCUT2D eigenvalue weighted by molar-refractivity contribution is 7.52. The number of hydrogen-bond donors (Lipinski definition) is 2. The first-order valence-corrected chi connectivity index (χ1v) is 9.37. The van der Waals surface area contributed by atoms with Gasteiger partial charge >= 0.3 is 7.75 Å². The Morgan fingerprint density at radius 1 is 1.14 bits per heavy atom. The van der Waals surface area contributed by atoms with Crippen LogP contribution in [0.25, 0.3) is 0 Å². The number of nitrogens with two attached hydrogens (primary N) is 1. The van der Waals surface area contributed by atoms with Gasteiger partial charge in [0.2, 0.25) is 0 Å². The smallest absolute Gasteiger partial charge is 0.412 e. The van der Waals surface area contributed by atoms with E-state index in [2.05, 4.69) is 26.0 Å². The van der Waals surface area contributed by atoms with E-state index in [0.717, 1.165) is 25.7 Å². The maximum atomic E-state index is 12.6. The molecule has 0 saturated heterocycles. The molecule has 0 amide bonds. The van der Waals surface area contributed by atoms with E-state index >= 15 is 0 Å². The molecule has 1 aliphatic rings. The third-order valence-electron chi connectivity index (χ3n) is 4.31. The van der Waals surface area contributed by atoms with Crippen molar-refractivity contribution in [1.82, 2.24) is 5.20 Å². The summed E-state index contributed by atoms with van der Waals surface area (Å²) in [5.41, 5.74) is 0.307. The Morgan fingerprint density at radius 2 is 1.73 bits per heavy atom. The molecule has 1 saturated carbocycles. The lowest BCUT2D eigenvalue weighted by Gasteiger charge is -2.37. The van der Waals surface area contributed by atoms with E-state index < -0.39 is 7.75 Å². The first-order valence-electron chi connectivity index (χ1n) is 7.83. The molecule has 0 aliphatic heterocycles. The predicted octanol–water partition coefficient (Wildman–Crippen LogP) is 4.26. The molecule has 1 aliphatic carbocycles. The average molecular weight is 326 g/mol. The second-order valence-corrected chi connectivity index (χ2v) is 8.62. The summed E-state index contributed by atoms with van der Waals surface area (Å²) in [6.07, 6.45) is 3.83. The minimum atomic E-state index is -3.52. The molecule has 6 heteroatoms. The zero-order chi connectivity index (χ0) is 16.2. The summed E-state index contributed by atoms with van der Waals surface area (Å²) in [6.45, 7) is 6.80. The molecule has 1 aromatic rings. The number of para-hydroxylation sites is 1. The van der Waals surface area contributed by atoms with Gasteiger partial charge in [-0.1, -0.05) is 39.0 Å². The van der Waals surface area contributed by atoms with Gasteiger partial charge in [0.15, 0.2) is 0 Å². The van der Waals surface area contributed by atoms with E-state index in [0.29, 0.717) is 17.1 Å². The molecule has 0 radical (unpaired) electrons. The summed E-state index contributed by atoms with van der Waals surface area (Å²) in [5.74, 6) is 6.56. The Hall–Kier alpha value is -0.870. The maximum Gasteiger partial charge on any atom is 0.472 e. The van der Waals surface area contributed by atoms with Crippen molar-refractivity contribution in [3.63, 3.8) is 0 Å². The molecule has 0 aromatic heterocycles. The second-order valence-electron chi connectivity index (χ2n) is 6.98. The summed E-state index contributed by atoms with van der Waals surface area (Å²) in [5, 5.41) is 2.23. The van der Waals surface area contributed by atoms with Crippen LogP contribution in [-0.4, -0.2) is 6.10 Å². The number of hydrazine groups is 1. The fourth-order valence-corrected chi connectivity index (χ4v) is 4.09. The SMILES string of the molecule is CC(C)(C)C1CCC(OP(=O)(NN)Oc2ccccc2)CC1. The van der Waals surface area contributed by atoms with Crippen molar-refractivity contribution in [3.05, 3.63) is 30.3 Å². The van der Waals surface area contributed by atoms with Crippen LogP contribution in [0.1, 0.15) is 46.5 Å². The van der Waals surface area contributed by atoms with Crippen molar-refractivity contribution < 1.29 is 13.6 Å². The molecule has 2 rings (SSSR count). The van der Waals surface area contributed by atoms with Crippen LogP contribution in [0, 0.1) is 11.3 Å². The number of hydrogen-bond acceptors (Lipinski definition) is 4. The Kier molecular flexibility index (Phi) is 5.67. The Morgan fingerprint density at radius 3 is 2.23 bits per heavy atom. The van der Waals surface area contributed by atoms with Crippen LogP contribution < -0.4 is 15.6 Å². The van der Waals surface area contributed by atoms with Crippen molar-refractivity contribution in [2.75, 3.05) is 0 Å². The van der Waals surface area contributed by atoms with Gasteiger partial charge in [-0.2, -0.15) is 5.20 Å². The Bertz CT molecular complexity index is 508. The topological polar surface area (TPSA) is 73.6 Å². The lowest BCUT2D eigenvalue weighted by Crippen LogP contribution is -2.31. The normalized spacial score (nSPS) is 25.5. The first kappa shape index (κ1) is 17.5. The molecule has 1 atom stereocenters. The van der Waals surface area contributed by atoms with E-state index in [1.807, 2.05) is 18.2 Å². The fourth-order valence-electron chi connectivity index (χ4n) is 2.93. The minimum absolute atomic E-state index is 0.0794. The quantitative estimate of drug-likeness (QED) is 0.480. The van der Waals surface area contributed by atoms with E-state index in [1.54, 1.807) is 12.1 Å². The van der Waals surface area contributed by atoms with Gasteiger partial charge in [0, 0.05) is 0 Å². The highest BCUT2D eigenvalue weighted by Gasteiger charge is 2.35. The standard InChI is InChI=1S/C16H27N2O3P/c1-16(2,3)13-9-11-15(12-10-13)21-22(19,18-17)20-14-7-5-4-6-8-14/h4-8,13,15H,9-12,17H2,1-3H3,(H,18,19). The van der Waals surface area contributed by atoms with Gasteiger partial charge in [0.05, 0.1) is 6.10 Å². The zero-order valence-corrected chi connectivity index (χ0v) is 14.5. The van der Waals surface area contributed by atoms with Gasteiger partial charge in [-0.05, 0) is 49.1 Å². The van der Waals surface area contributed by atoms with Gasteiger partial charge in [0.25, 0.3) is 0 Å². The summed E-state index contributed by atoms with van der Waals surface area (Å²) in [4.78, 5) is 0. The van der Waals surface area contributed by atoms with Gasteiger partial charge in [0.1, 0.15) is 5.75 Å². The minimum Gasteiger partial charge on any atom is -0.412 e. The van der Waals surface area contributed by atoms with Crippen LogP contribution in [0.2, 0.25) is 0 Å². The molecule has 0 spiro atoms. The van der Waals surface area contributed by atoms with E-state index in [-0.39, 0.29) is 6.10 Å². The summed E-state index contributed by atoms with van der Waals surface area (Å²) in [7, 11) is -3.52. The monoisotopic (exact) mass is 326 g/mol. The van der Waals surface area contributed by atoms with Crippen LogP contribution in [0.3, 0.4) is 0 Å². The molecular weight excluding hydrogens is 299 g/mol. The van der Waals surface area contributed by atoms with Crippen molar-refractivity contribution >= 4 is 7.75 Å². The average Bonchev–Trinajstić information content (AvgIpc) is 2.48. The molecule has 124 valence electrons. The van der Waals surface area contributed by atoms with Gasteiger partial charge in [-0.25, -0.2) is 4.57 Å². The van der Waals surface area contributed by atoms with Crippen LogP contribution in [-0.2, 0) is 9.09 Å². The van der Waals surface area contributed by atoms with E-state index in [9.17, 15) is 4.57 Å². The first-order chi connectivity index (χ1) is 10.3. The number of rotatable bonds is 5. The Balaban J connectivity index is 1.92. The van der Waals surface area contributed by atoms with Crippen molar-refractivity contribution in [2.24, 2.45) is 17.2 Å². The number of benzene rings is 1. The van der Waals surface area contributed by atoms with E-state index in [1.165, 1.54) is 0 Å². The summed E-state index contributed by atoms with van der Waals surface area (Å²) >= 11 is 0. The molecule has 0 heterocycles. The maximum absolute atomic E-state index is 12.6. The fraction of sp³-hybridized carbons (Fsp3) is 0.625. The lowest BCUT2D eigenvalue weighted by molar-refractivity contribution is 0.0790. The highest BCUT2D eigenvalue weighted by Crippen LogP contribution is 2.48. The largest absolute Gasteiger partial charge is 0.472 e. The van der Waals surface area contributed by atoms with Gasteiger partial charge in [-0.15, -0.1) is 0 Å². The van der Waals surface area contributed by atoms with Gasteiger partial charge in [-0.3, -0.25) is 10.4 Å². The molecule has 3 N–H and O–H groups in total. The third-order valence-corrected chi connectivity index (χ3v) is 5.66. The van der Waals surface area contributed by atoms with Crippen molar-refractivity contribution in [2.45, 2.75) is 52.6 Å². The van der Waals surface area contributed by atoms with Crippen LogP contribution in [0.15, 0.2) is 30.3 Å².